The van der Waals surface area contributed by atoms with Gasteiger partial charge in [0.1, 0.15) is 5.75 Å². The summed E-state index contributed by atoms with van der Waals surface area (Å²) >= 11 is 0. The number of carboxylic acid groups (broad SMARTS) is 1. The quantitative estimate of drug-likeness (QED) is 0.792. The number of carbonyl (C=O) groups is 2. The second-order valence-corrected chi connectivity index (χ2v) is 5.21. The van der Waals surface area contributed by atoms with E-state index in [2.05, 4.69) is 5.32 Å². The summed E-state index contributed by atoms with van der Waals surface area (Å²) in [5.41, 5.74) is 0.665. The van der Waals surface area contributed by atoms with Crippen molar-refractivity contribution in [2.45, 2.75) is 33.6 Å². The topological polar surface area (TPSA) is 78.5 Å². The first-order valence-corrected chi connectivity index (χ1v) is 7.17. The predicted octanol–water partition coefficient (Wildman–Crippen LogP) is 1.83. The minimum atomic E-state index is -1.10. The summed E-state index contributed by atoms with van der Waals surface area (Å²) in [5, 5.41) is 13.7. The van der Waals surface area contributed by atoms with Gasteiger partial charge in [-0.25, -0.2) is 0 Å². The maximum absolute atomic E-state index is 11.8. The number of hydrogen-bond acceptors (Lipinski definition) is 4. The molecule has 1 N–H and O–H groups in total. The molecule has 0 aliphatic rings. The molecular formula is C16H22NO4-. The average molecular weight is 292 g/mol. The molecule has 1 rings (SSSR count). The number of rotatable bonds is 8. The Labute approximate surface area is 125 Å². The first-order chi connectivity index (χ1) is 9.93. The van der Waals surface area contributed by atoms with Crippen LogP contribution in [0.25, 0.3) is 0 Å². The van der Waals surface area contributed by atoms with Crippen molar-refractivity contribution in [2.75, 3.05) is 11.9 Å². The van der Waals surface area contributed by atoms with Crippen LogP contribution in [-0.4, -0.2) is 18.5 Å². The molecule has 0 bridgehead atoms. The van der Waals surface area contributed by atoms with E-state index < -0.39 is 11.9 Å². The van der Waals surface area contributed by atoms with E-state index in [0.717, 1.165) is 5.75 Å². The molecule has 0 aromatic heterocycles. The van der Waals surface area contributed by atoms with E-state index in [1.54, 1.807) is 24.3 Å². The van der Waals surface area contributed by atoms with Gasteiger partial charge >= 0.3 is 0 Å². The summed E-state index contributed by atoms with van der Waals surface area (Å²) in [6, 6.07) is 7.05. The molecule has 0 saturated carbocycles. The zero-order chi connectivity index (χ0) is 15.8. The van der Waals surface area contributed by atoms with Crippen LogP contribution >= 0.6 is 0 Å². The Morgan fingerprint density at radius 1 is 1.24 bits per heavy atom. The van der Waals surface area contributed by atoms with Crippen molar-refractivity contribution >= 4 is 17.6 Å². The summed E-state index contributed by atoms with van der Waals surface area (Å²) in [5.74, 6) is -1.21. The van der Waals surface area contributed by atoms with Gasteiger partial charge in [0, 0.05) is 24.0 Å². The summed E-state index contributed by atoms with van der Waals surface area (Å²) < 4.78 is 5.31. The zero-order valence-electron chi connectivity index (χ0n) is 12.7. The molecule has 21 heavy (non-hydrogen) atoms. The molecule has 5 nitrogen and oxygen atoms in total. The van der Waals surface area contributed by atoms with E-state index in [0.29, 0.717) is 12.3 Å². The van der Waals surface area contributed by atoms with Gasteiger partial charge in [-0.1, -0.05) is 13.8 Å². The Bertz CT molecular complexity index is 468. The molecular weight excluding hydrogens is 270 g/mol. The Kier molecular flexibility index (Phi) is 6.72. The van der Waals surface area contributed by atoms with Gasteiger partial charge in [0.2, 0.25) is 5.91 Å². The minimum absolute atomic E-state index is 0.0479. The Morgan fingerprint density at radius 2 is 1.86 bits per heavy atom. The van der Waals surface area contributed by atoms with Gasteiger partial charge in [0.15, 0.2) is 0 Å². The van der Waals surface area contributed by atoms with Gasteiger partial charge in [-0.15, -0.1) is 0 Å². The number of nitrogens with one attached hydrogen (secondary N) is 1. The lowest BCUT2D eigenvalue weighted by Gasteiger charge is -2.21. The van der Waals surface area contributed by atoms with Gasteiger partial charge in [-0.2, -0.15) is 0 Å². The van der Waals surface area contributed by atoms with E-state index in [-0.39, 0.29) is 24.7 Å². The lowest BCUT2D eigenvalue weighted by molar-refractivity contribution is -0.313. The van der Waals surface area contributed by atoms with E-state index >= 15 is 0 Å². The second-order valence-electron chi connectivity index (χ2n) is 5.21. The number of carboxylic acids is 1. The fourth-order valence-electron chi connectivity index (χ4n) is 2.03. The normalized spacial score (nSPS) is 12.0. The molecule has 0 unspecified atom stereocenters. The van der Waals surface area contributed by atoms with Crippen molar-refractivity contribution in [2.24, 2.45) is 11.8 Å². The highest BCUT2D eigenvalue weighted by Gasteiger charge is 2.16. The highest BCUT2D eigenvalue weighted by molar-refractivity contribution is 5.91. The van der Waals surface area contributed by atoms with Crippen molar-refractivity contribution in [1.82, 2.24) is 0 Å². The molecule has 0 radical (unpaired) electrons. The van der Waals surface area contributed by atoms with E-state index in [9.17, 15) is 14.7 Å². The maximum Gasteiger partial charge on any atom is 0.224 e. The van der Waals surface area contributed by atoms with Crippen LogP contribution < -0.4 is 15.2 Å². The molecule has 1 aromatic carbocycles. The maximum atomic E-state index is 11.8. The fourth-order valence-corrected chi connectivity index (χ4v) is 2.03. The molecule has 0 spiro atoms. The van der Waals surface area contributed by atoms with Gasteiger partial charge < -0.3 is 20.0 Å². The molecule has 5 heteroatoms. The van der Waals surface area contributed by atoms with E-state index in [4.69, 9.17) is 4.74 Å². The largest absolute Gasteiger partial charge is 0.550 e. The number of amides is 1. The van der Waals surface area contributed by atoms with E-state index in [1.807, 2.05) is 20.8 Å². The molecule has 0 aliphatic heterocycles. The monoisotopic (exact) mass is 292 g/mol. The van der Waals surface area contributed by atoms with Crippen molar-refractivity contribution in [1.29, 1.82) is 0 Å². The van der Waals surface area contributed by atoms with Gasteiger partial charge in [-0.3, -0.25) is 4.79 Å². The van der Waals surface area contributed by atoms with Crippen LogP contribution in [-0.2, 0) is 9.59 Å². The predicted molar refractivity (Wildman–Crippen MR) is 78.8 cm³/mol. The summed E-state index contributed by atoms with van der Waals surface area (Å²) in [7, 11) is 0. The third-order valence-corrected chi connectivity index (χ3v) is 3.24. The summed E-state index contributed by atoms with van der Waals surface area (Å²) in [4.78, 5) is 22.8. The molecule has 116 valence electrons. The Morgan fingerprint density at radius 3 is 2.33 bits per heavy atom. The molecule has 0 aliphatic carbocycles. The minimum Gasteiger partial charge on any atom is -0.550 e. The SMILES string of the molecule is CCOc1ccc(NC(=O)CC[C@@H](C(=O)[O-])C(C)C)cc1. The number of hydrogen-bond donors (Lipinski definition) is 1. The third kappa shape index (κ3) is 5.85. The van der Waals surface area contributed by atoms with Crippen molar-refractivity contribution < 1.29 is 19.4 Å². The first kappa shape index (κ1) is 17.0. The smallest absolute Gasteiger partial charge is 0.224 e. The van der Waals surface area contributed by atoms with E-state index in [1.165, 1.54) is 0 Å². The van der Waals surface area contributed by atoms with Gasteiger partial charge in [-0.05, 0) is 43.5 Å². The van der Waals surface area contributed by atoms with Crippen LogP contribution in [0.2, 0.25) is 0 Å². The summed E-state index contributed by atoms with van der Waals surface area (Å²) in [6.07, 6.45) is 0.437. The molecule has 1 atom stereocenters. The highest BCUT2D eigenvalue weighted by atomic mass is 16.5. The van der Waals surface area contributed by atoms with Crippen molar-refractivity contribution in [3.05, 3.63) is 24.3 Å². The zero-order valence-corrected chi connectivity index (χ0v) is 12.7. The molecule has 1 amide bonds. The fraction of sp³-hybridized carbons (Fsp3) is 0.500. The van der Waals surface area contributed by atoms with Crippen LogP contribution in [0.15, 0.2) is 24.3 Å². The van der Waals surface area contributed by atoms with Crippen molar-refractivity contribution in [3.8, 4) is 5.75 Å². The summed E-state index contributed by atoms with van der Waals surface area (Å²) in [6.45, 7) is 6.11. The Balaban J connectivity index is 2.48. The number of anilines is 1. The molecule has 1 aromatic rings. The molecule has 0 heterocycles. The first-order valence-electron chi connectivity index (χ1n) is 7.17. The lowest BCUT2D eigenvalue weighted by atomic mass is 9.91. The number of aliphatic carboxylic acids is 1. The number of benzene rings is 1. The van der Waals surface area contributed by atoms with Crippen LogP contribution in [0, 0.1) is 11.8 Å². The standard InChI is InChI=1S/C16H23NO4/c1-4-21-13-7-5-12(6-8-13)17-15(18)10-9-14(11(2)3)16(19)20/h5-8,11,14H,4,9-10H2,1-3H3,(H,17,18)(H,19,20)/p-1/t14-/m1/s1. The average Bonchev–Trinajstić information content (AvgIpc) is 2.40. The lowest BCUT2D eigenvalue weighted by Crippen LogP contribution is -2.35. The van der Waals surface area contributed by atoms with Gasteiger partial charge in [0.05, 0.1) is 6.61 Å². The van der Waals surface area contributed by atoms with Gasteiger partial charge in [0.25, 0.3) is 0 Å². The van der Waals surface area contributed by atoms with Crippen molar-refractivity contribution in [3.63, 3.8) is 0 Å². The highest BCUT2D eigenvalue weighted by Crippen LogP contribution is 2.18. The van der Waals surface area contributed by atoms with Crippen LogP contribution in [0.4, 0.5) is 5.69 Å². The van der Waals surface area contributed by atoms with Crippen LogP contribution in [0.5, 0.6) is 5.75 Å². The molecule has 0 saturated heterocycles. The number of ether oxygens (including phenoxy) is 1. The Hall–Kier alpha value is -2.04. The van der Waals surface area contributed by atoms with Crippen LogP contribution in [0.3, 0.4) is 0 Å². The second kappa shape index (κ2) is 8.29. The third-order valence-electron chi connectivity index (χ3n) is 3.24. The van der Waals surface area contributed by atoms with Crippen LogP contribution in [0.1, 0.15) is 33.6 Å². The number of carbonyl (C=O) groups excluding carboxylic acids is 2. The molecule has 0 fully saturated rings.